The summed E-state index contributed by atoms with van der Waals surface area (Å²) in [6.45, 7) is 5.38. The van der Waals surface area contributed by atoms with Crippen molar-refractivity contribution >= 4 is 5.52 Å². The Morgan fingerprint density at radius 2 is 2.06 bits per heavy atom. The molecule has 1 atom stereocenters. The molecule has 0 radical (unpaired) electrons. The summed E-state index contributed by atoms with van der Waals surface area (Å²) in [4.78, 5) is 2.29. The number of likely N-dealkylation sites (N-methyl/N-ethyl adjacent to an activating group) is 1. The summed E-state index contributed by atoms with van der Waals surface area (Å²) >= 11 is 0. The molecule has 0 saturated heterocycles. The predicted molar refractivity (Wildman–Crippen MR) is 68.8 cm³/mol. The molecule has 0 amide bonds. The van der Waals surface area contributed by atoms with Crippen molar-refractivity contribution < 1.29 is 4.39 Å². The molecule has 2 aromatic heterocycles. The summed E-state index contributed by atoms with van der Waals surface area (Å²) in [6, 6.07) is 5.63. The maximum atomic E-state index is 13.2. The van der Waals surface area contributed by atoms with Crippen LogP contribution in [0.1, 0.15) is 19.4 Å². The van der Waals surface area contributed by atoms with E-state index in [1.54, 1.807) is 12.3 Å². The predicted octanol–water partition coefficient (Wildman–Crippen LogP) is 2.96. The Bertz CT molecular complexity index is 504. The lowest BCUT2D eigenvalue weighted by Gasteiger charge is -2.22. The zero-order chi connectivity index (χ0) is 12.4. The second-order valence-corrected chi connectivity index (χ2v) is 4.60. The fourth-order valence-electron chi connectivity index (χ4n) is 2.09. The number of hydrogen-bond acceptors (Lipinski definition) is 1. The molecule has 0 saturated carbocycles. The minimum Gasteiger partial charge on any atom is -0.323 e. The molecule has 0 spiro atoms. The van der Waals surface area contributed by atoms with Crippen LogP contribution in [-0.2, 0) is 6.42 Å². The number of nitrogens with zero attached hydrogens (tertiary/aromatic N) is 2. The summed E-state index contributed by atoms with van der Waals surface area (Å²) in [7, 11) is 2.11. The first kappa shape index (κ1) is 12.1. The molecule has 2 rings (SSSR count). The topological polar surface area (TPSA) is 7.65 Å². The van der Waals surface area contributed by atoms with Gasteiger partial charge in [0.05, 0.1) is 5.52 Å². The Balaban J connectivity index is 2.27. The van der Waals surface area contributed by atoms with Crippen molar-refractivity contribution in [2.24, 2.45) is 0 Å². The molecular formula is C14H19FN2. The zero-order valence-electron chi connectivity index (χ0n) is 10.7. The number of aromatic nitrogens is 1. The molecule has 2 heterocycles. The number of fused-ring (bicyclic) bond motifs is 1. The van der Waals surface area contributed by atoms with Gasteiger partial charge in [-0.3, -0.25) is 0 Å². The van der Waals surface area contributed by atoms with Gasteiger partial charge in [-0.2, -0.15) is 0 Å². The summed E-state index contributed by atoms with van der Waals surface area (Å²) in [5.41, 5.74) is 2.18. The van der Waals surface area contributed by atoms with Crippen molar-refractivity contribution in [3.63, 3.8) is 0 Å². The molecule has 2 aromatic rings. The summed E-state index contributed by atoms with van der Waals surface area (Å²) in [5.74, 6) is -0.172. The van der Waals surface area contributed by atoms with Gasteiger partial charge < -0.3 is 9.30 Å². The minimum absolute atomic E-state index is 0.172. The molecule has 1 unspecified atom stereocenters. The van der Waals surface area contributed by atoms with E-state index in [2.05, 4.69) is 31.9 Å². The zero-order valence-corrected chi connectivity index (χ0v) is 10.7. The number of halogens is 1. The monoisotopic (exact) mass is 234 g/mol. The van der Waals surface area contributed by atoms with Crippen LogP contribution in [0.5, 0.6) is 0 Å². The second-order valence-electron chi connectivity index (χ2n) is 4.60. The third-order valence-electron chi connectivity index (χ3n) is 3.48. The molecule has 0 N–H and O–H groups in total. The molecule has 0 aliphatic carbocycles. The lowest BCUT2D eigenvalue weighted by molar-refractivity contribution is 0.270. The fourth-order valence-corrected chi connectivity index (χ4v) is 2.09. The minimum atomic E-state index is -0.172. The van der Waals surface area contributed by atoms with Gasteiger partial charge in [-0.25, -0.2) is 4.39 Å². The Morgan fingerprint density at radius 1 is 1.35 bits per heavy atom. The smallest absolute Gasteiger partial charge is 0.126 e. The summed E-state index contributed by atoms with van der Waals surface area (Å²) in [6.07, 6.45) is 4.70. The van der Waals surface area contributed by atoms with Gasteiger partial charge in [0.1, 0.15) is 5.82 Å². The standard InChI is InChI=1S/C14H19FN2/c1-4-16(3)11(2)9-12-5-7-17-8-6-13(15)10-14(12)17/h5-8,10-11H,4,9H2,1-3H3. The number of hydrogen-bond donors (Lipinski definition) is 0. The van der Waals surface area contributed by atoms with Crippen molar-refractivity contribution in [2.45, 2.75) is 26.3 Å². The molecule has 17 heavy (non-hydrogen) atoms. The van der Waals surface area contributed by atoms with E-state index in [9.17, 15) is 4.39 Å². The number of rotatable bonds is 4. The highest BCUT2D eigenvalue weighted by molar-refractivity contribution is 5.56. The fraction of sp³-hybridized carbons (Fsp3) is 0.429. The normalized spacial score (nSPS) is 13.5. The van der Waals surface area contributed by atoms with Gasteiger partial charge in [-0.1, -0.05) is 6.92 Å². The highest BCUT2D eigenvalue weighted by Crippen LogP contribution is 2.17. The maximum absolute atomic E-state index is 13.2. The van der Waals surface area contributed by atoms with E-state index < -0.39 is 0 Å². The highest BCUT2D eigenvalue weighted by Gasteiger charge is 2.11. The SMILES string of the molecule is CCN(C)C(C)Cc1ccn2ccc(F)cc12. The molecule has 92 valence electrons. The van der Waals surface area contributed by atoms with Crippen LogP contribution in [0.25, 0.3) is 5.52 Å². The van der Waals surface area contributed by atoms with Crippen molar-refractivity contribution in [2.75, 3.05) is 13.6 Å². The van der Waals surface area contributed by atoms with E-state index in [0.717, 1.165) is 18.5 Å². The van der Waals surface area contributed by atoms with Crippen molar-refractivity contribution in [3.8, 4) is 0 Å². The van der Waals surface area contributed by atoms with Crippen LogP contribution in [0.2, 0.25) is 0 Å². The number of pyridine rings is 1. The molecular weight excluding hydrogens is 215 g/mol. The van der Waals surface area contributed by atoms with Gasteiger partial charge in [0.2, 0.25) is 0 Å². The Hall–Kier alpha value is -1.35. The molecule has 0 aromatic carbocycles. The van der Waals surface area contributed by atoms with Crippen LogP contribution in [0.3, 0.4) is 0 Å². The molecule has 3 heteroatoms. The van der Waals surface area contributed by atoms with Gasteiger partial charge in [0.25, 0.3) is 0 Å². The average Bonchev–Trinajstić information content (AvgIpc) is 2.71. The van der Waals surface area contributed by atoms with Crippen LogP contribution in [0.15, 0.2) is 30.6 Å². The summed E-state index contributed by atoms with van der Waals surface area (Å²) in [5, 5.41) is 0. The molecule has 2 nitrogen and oxygen atoms in total. The largest absolute Gasteiger partial charge is 0.323 e. The van der Waals surface area contributed by atoms with Gasteiger partial charge >= 0.3 is 0 Å². The van der Waals surface area contributed by atoms with Crippen LogP contribution < -0.4 is 0 Å². The van der Waals surface area contributed by atoms with Crippen molar-refractivity contribution in [1.29, 1.82) is 0 Å². The molecule has 0 bridgehead atoms. The third-order valence-corrected chi connectivity index (χ3v) is 3.48. The first-order valence-electron chi connectivity index (χ1n) is 6.07. The molecule has 0 aliphatic heterocycles. The molecule has 0 aliphatic rings. The molecule has 0 fully saturated rings. The van der Waals surface area contributed by atoms with Gasteiger partial charge in [-0.15, -0.1) is 0 Å². The van der Waals surface area contributed by atoms with Crippen LogP contribution in [-0.4, -0.2) is 28.9 Å². The summed E-state index contributed by atoms with van der Waals surface area (Å²) < 4.78 is 15.2. The van der Waals surface area contributed by atoms with E-state index in [1.807, 2.05) is 10.6 Å². The van der Waals surface area contributed by atoms with E-state index in [1.165, 1.54) is 11.6 Å². The van der Waals surface area contributed by atoms with Gasteiger partial charge in [-0.05, 0) is 50.7 Å². The first-order valence-corrected chi connectivity index (χ1v) is 6.07. The van der Waals surface area contributed by atoms with E-state index in [0.29, 0.717) is 6.04 Å². The van der Waals surface area contributed by atoms with Crippen molar-refractivity contribution in [3.05, 3.63) is 42.0 Å². The quantitative estimate of drug-likeness (QED) is 0.789. The van der Waals surface area contributed by atoms with Gasteiger partial charge in [0, 0.05) is 18.4 Å². The van der Waals surface area contributed by atoms with Crippen molar-refractivity contribution in [1.82, 2.24) is 9.30 Å². The lowest BCUT2D eigenvalue weighted by atomic mass is 10.1. The Labute approximate surface area is 102 Å². The van der Waals surface area contributed by atoms with Gasteiger partial charge in [0.15, 0.2) is 0 Å². The first-order chi connectivity index (χ1) is 8.11. The van der Waals surface area contributed by atoms with E-state index >= 15 is 0 Å². The Kier molecular flexibility index (Phi) is 3.48. The van der Waals surface area contributed by atoms with Crippen LogP contribution in [0.4, 0.5) is 4.39 Å². The third kappa shape index (κ3) is 2.50. The van der Waals surface area contributed by atoms with Crippen LogP contribution >= 0.6 is 0 Å². The second kappa shape index (κ2) is 4.88. The maximum Gasteiger partial charge on any atom is 0.126 e. The highest BCUT2D eigenvalue weighted by atomic mass is 19.1. The lowest BCUT2D eigenvalue weighted by Crippen LogP contribution is -2.30. The van der Waals surface area contributed by atoms with Crippen LogP contribution in [0, 0.1) is 5.82 Å². The van der Waals surface area contributed by atoms with E-state index in [4.69, 9.17) is 0 Å². The van der Waals surface area contributed by atoms with E-state index in [-0.39, 0.29) is 5.82 Å². The average molecular weight is 234 g/mol. The Morgan fingerprint density at radius 3 is 2.76 bits per heavy atom.